The van der Waals surface area contributed by atoms with E-state index in [0.717, 1.165) is 49.8 Å². The number of hydrogen-bond acceptors (Lipinski definition) is 6. The van der Waals surface area contributed by atoms with Crippen LogP contribution >= 0.6 is 23.4 Å². The lowest BCUT2D eigenvalue weighted by Crippen LogP contribution is -2.19. The van der Waals surface area contributed by atoms with E-state index in [0.29, 0.717) is 16.8 Å². The van der Waals surface area contributed by atoms with Gasteiger partial charge in [0.25, 0.3) is 0 Å². The number of nitrogens with one attached hydrogen (secondary N) is 1. The number of halogens is 1. The van der Waals surface area contributed by atoms with Crippen molar-refractivity contribution >= 4 is 35.1 Å². The molecule has 9 heteroatoms. The van der Waals surface area contributed by atoms with Crippen molar-refractivity contribution in [3.05, 3.63) is 29.2 Å². The van der Waals surface area contributed by atoms with Crippen molar-refractivity contribution in [3.63, 3.8) is 0 Å². The first-order valence-corrected chi connectivity index (χ1v) is 10.1. The molecule has 7 nitrogen and oxygen atoms in total. The molecular weight excluding hydrogens is 374 g/mol. The highest BCUT2D eigenvalue weighted by molar-refractivity contribution is 7.99. The second kappa shape index (κ2) is 7.94. The molecule has 1 amide bonds. The molecular formula is C17H20ClN5O2S. The van der Waals surface area contributed by atoms with Crippen LogP contribution in [-0.4, -0.2) is 44.1 Å². The van der Waals surface area contributed by atoms with Crippen LogP contribution in [0.25, 0.3) is 0 Å². The van der Waals surface area contributed by atoms with Crippen molar-refractivity contribution in [2.75, 3.05) is 17.7 Å². The number of nitrogens with zero attached hydrogens (tertiary/aromatic N) is 4. The van der Waals surface area contributed by atoms with Gasteiger partial charge in [0, 0.05) is 18.7 Å². The van der Waals surface area contributed by atoms with E-state index in [-0.39, 0.29) is 17.8 Å². The first-order chi connectivity index (χ1) is 12.7. The molecule has 4 rings (SSSR count). The summed E-state index contributed by atoms with van der Waals surface area (Å²) >= 11 is 7.20. The normalized spacial score (nSPS) is 19.7. The highest BCUT2D eigenvalue weighted by atomic mass is 35.5. The number of pyridine rings is 1. The predicted molar refractivity (Wildman–Crippen MR) is 99.6 cm³/mol. The topological polar surface area (TPSA) is 81.9 Å². The lowest BCUT2D eigenvalue weighted by atomic mass is 10.2. The smallest absolute Gasteiger partial charge is 0.236 e. The third kappa shape index (κ3) is 4.36. The Morgan fingerprint density at radius 2 is 2.23 bits per heavy atom. The van der Waals surface area contributed by atoms with E-state index in [1.54, 1.807) is 12.1 Å². The van der Waals surface area contributed by atoms with Crippen molar-refractivity contribution in [2.24, 2.45) is 0 Å². The van der Waals surface area contributed by atoms with Gasteiger partial charge in [0.05, 0.1) is 23.4 Å². The molecule has 2 aliphatic rings. The quantitative estimate of drug-likeness (QED) is 0.728. The second-order valence-corrected chi connectivity index (χ2v) is 7.94. The van der Waals surface area contributed by atoms with Gasteiger partial charge in [-0.25, -0.2) is 4.98 Å². The van der Waals surface area contributed by atoms with Gasteiger partial charge in [-0.05, 0) is 37.8 Å². The van der Waals surface area contributed by atoms with Crippen LogP contribution in [0, 0.1) is 0 Å². The number of amides is 1. The molecule has 1 unspecified atom stereocenters. The van der Waals surface area contributed by atoms with Crippen LogP contribution in [0.1, 0.15) is 37.4 Å². The zero-order chi connectivity index (χ0) is 17.9. The average Bonchev–Trinajstić information content (AvgIpc) is 3.20. The lowest BCUT2D eigenvalue weighted by Gasteiger charge is -2.14. The van der Waals surface area contributed by atoms with E-state index in [9.17, 15) is 4.79 Å². The molecule has 2 aromatic heterocycles. The largest absolute Gasteiger partial charge is 0.376 e. The highest BCUT2D eigenvalue weighted by Gasteiger charge is 2.31. The predicted octanol–water partition coefficient (Wildman–Crippen LogP) is 3.11. The number of carbonyl (C=O) groups excluding carboxylic acids is 1. The van der Waals surface area contributed by atoms with Crippen molar-refractivity contribution < 1.29 is 9.53 Å². The Kier molecular flexibility index (Phi) is 5.42. The second-order valence-electron chi connectivity index (χ2n) is 6.56. The van der Waals surface area contributed by atoms with Crippen molar-refractivity contribution in [1.82, 2.24) is 19.7 Å². The van der Waals surface area contributed by atoms with Crippen LogP contribution < -0.4 is 5.32 Å². The number of ether oxygens (including phenoxy) is 1. The summed E-state index contributed by atoms with van der Waals surface area (Å²) in [6.07, 6.45) is 6.22. The zero-order valence-electron chi connectivity index (χ0n) is 14.2. The number of rotatable bonds is 7. The van der Waals surface area contributed by atoms with Crippen LogP contribution in [0.3, 0.4) is 0 Å². The summed E-state index contributed by atoms with van der Waals surface area (Å²) < 4.78 is 7.91. The van der Waals surface area contributed by atoms with Crippen LogP contribution in [-0.2, 0) is 16.1 Å². The minimum absolute atomic E-state index is 0.135. The van der Waals surface area contributed by atoms with E-state index in [4.69, 9.17) is 16.3 Å². The summed E-state index contributed by atoms with van der Waals surface area (Å²) in [6.45, 7) is 1.59. The number of anilines is 1. The molecule has 1 aliphatic carbocycles. The summed E-state index contributed by atoms with van der Waals surface area (Å²) in [4.78, 5) is 16.3. The van der Waals surface area contributed by atoms with Crippen LogP contribution in [0.2, 0.25) is 5.02 Å². The molecule has 2 aromatic rings. The molecule has 1 saturated heterocycles. The van der Waals surface area contributed by atoms with Crippen molar-refractivity contribution in [3.8, 4) is 0 Å². The minimum Gasteiger partial charge on any atom is -0.376 e. The summed E-state index contributed by atoms with van der Waals surface area (Å²) in [6, 6.07) is 3.37. The Balaban J connectivity index is 1.39. The number of carbonyl (C=O) groups is 1. The third-order valence-corrected chi connectivity index (χ3v) is 5.62. The van der Waals surface area contributed by atoms with Gasteiger partial charge in [-0.1, -0.05) is 23.4 Å². The Morgan fingerprint density at radius 3 is 2.92 bits per heavy atom. The molecule has 3 heterocycles. The minimum atomic E-state index is -0.135. The maximum absolute atomic E-state index is 12.2. The standard InChI is InChI=1S/C17H20ClN5O2S/c18-12-5-6-14(19-8-12)20-15(24)10-26-17-22-21-16(11-3-4-11)23(17)9-13-2-1-7-25-13/h5-6,8,11,13H,1-4,7,9-10H2,(H,19,20,24). The molecule has 138 valence electrons. The summed E-state index contributed by atoms with van der Waals surface area (Å²) in [5, 5.41) is 12.8. The fraction of sp³-hybridized carbons (Fsp3) is 0.529. The van der Waals surface area contributed by atoms with Gasteiger partial charge in [0.15, 0.2) is 5.16 Å². The molecule has 0 spiro atoms. The summed E-state index contributed by atoms with van der Waals surface area (Å²) in [5.41, 5.74) is 0. The van der Waals surface area contributed by atoms with Crippen molar-refractivity contribution in [1.29, 1.82) is 0 Å². The average molecular weight is 394 g/mol. The maximum Gasteiger partial charge on any atom is 0.236 e. The van der Waals surface area contributed by atoms with Gasteiger partial charge in [0.1, 0.15) is 11.6 Å². The van der Waals surface area contributed by atoms with E-state index in [1.165, 1.54) is 18.0 Å². The summed E-state index contributed by atoms with van der Waals surface area (Å²) in [5.74, 6) is 2.13. The Labute approximate surface area is 160 Å². The third-order valence-electron chi connectivity index (χ3n) is 4.43. The number of aromatic nitrogens is 4. The Hall–Kier alpha value is -1.64. The van der Waals surface area contributed by atoms with E-state index < -0.39 is 0 Å². The molecule has 0 aromatic carbocycles. The maximum atomic E-state index is 12.2. The monoisotopic (exact) mass is 393 g/mol. The van der Waals surface area contributed by atoms with Gasteiger partial charge in [-0.3, -0.25) is 4.79 Å². The zero-order valence-corrected chi connectivity index (χ0v) is 15.8. The van der Waals surface area contributed by atoms with Gasteiger partial charge >= 0.3 is 0 Å². The fourth-order valence-electron chi connectivity index (χ4n) is 2.97. The molecule has 1 aliphatic heterocycles. The van der Waals surface area contributed by atoms with Gasteiger partial charge < -0.3 is 14.6 Å². The van der Waals surface area contributed by atoms with Crippen LogP contribution in [0.15, 0.2) is 23.5 Å². The Bertz CT molecular complexity index is 772. The molecule has 1 N–H and O–H groups in total. The van der Waals surface area contributed by atoms with Gasteiger partial charge in [-0.2, -0.15) is 0 Å². The van der Waals surface area contributed by atoms with E-state index >= 15 is 0 Å². The highest BCUT2D eigenvalue weighted by Crippen LogP contribution is 2.40. The van der Waals surface area contributed by atoms with Gasteiger partial charge in [-0.15, -0.1) is 10.2 Å². The van der Waals surface area contributed by atoms with E-state index in [1.807, 2.05) is 0 Å². The van der Waals surface area contributed by atoms with Crippen LogP contribution in [0.4, 0.5) is 5.82 Å². The first-order valence-electron chi connectivity index (χ1n) is 8.78. The molecule has 0 radical (unpaired) electrons. The van der Waals surface area contributed by atoms with Gasteiger partial charge in [0.2, 0.25) is 5.91 Å². The van der Waals surface area contributed by atoms with E-state index in [2.05, 4.69) is 25.1 Å². The molecule has 26 heavy (non-hydrogen) atoms. The molecule has 2 fully saturated rings. The number of thioether (sulfide) groups is 1. The first kappa shape index (κ1) is 17.8. The van der Waals surface area contributed by atoms with Crippen molar-refractivity contribution in [2.45, 2.75) is 49.4 Å². The summed E-state index contributed by atoms with van der Waals surface area (Å²) in [7, 11) is 0. The molecule has 1 atom stereocenters. The molecule has 0 bridgehead atoms. The number of hydrogen-bond donors (Lipinski definition) is 1. The Morgan fingerprint density at radius 1 is 1.35 bits per heavy atom. The molecule has 1 saturated carbocycles. The fourth-order valence-corrected chi connectivity index (χ4v) is 3.84. The lowest BCUT2D eigenvalue weighted by molar-refractivity contribution is -0.113. The van der Waals surface area contributed by atoms with Crippen LogP contribution in [0.5, 0.6) is 0 Å². The SMILES string of the molecule is O=C(CSc1nnc(C2CC2)n1CC1CCCO1)Nc1ccc(Cl)cn1.